The number of carboxylic acids is 1. The number of thiazole rings is 1. The summed E-state index contributed by atoms with van der Waals surface area (Å²) in [5.41, 5.74) is 13.6. The van der Waals surface area contributed by atoms with Crippen LogP contribution in [0.5, 0.6) is 0 Å². The molecule has 0 spiro atoms. The Kier molecular flexibility index (Phi) is 6.94. The number of carbonyl (C=O) groups excluding carboxylic acids is 2. The third kappa shape index (κ3) is 4.50. The summed E-state index contributed by atoms with van der Waals surface area (Å²) in [7, 11) is 2.72. The van der Waals surface area contributed by atoms with E-state index < -0.39 is 29.2 Å². The molecule has 170 valence electrons. The van der Waals surface area contributed by atoms with Crippen molar-refractivity contribution in [1.82, 2.24) is 20.6 Å². The number of fused-ring (bicyclic) bond motifs is 1. The number of oxime groups is 1. The minimum atomic E-state index is -1.30. The third-order valence-corrected chi connectivity index (χ3v) is 6.27. The van der Waals surface area contributed by atoms with E-state index in [9.17, 15) is 19.5 Å². The first-order valence-electron chi connectivity index (χ1n) is 8.84. The monoisotopic (exact) mass is 481 g/mol. The number of nitrogens with one attached hydrogen (secondary N) is 2. The van der Waals surface area contributed by atoms with Crippen LogP contribution in [-0.4, -0.2) is 82.0 Å². The highest BCUT2D eigenvalue weighted by Gasteiger charge is 2.54. The van der Waals surface area contributed by atoms with Gasteiger partial charge >= 0.3 is 5.97 Å². The number of carboxylic acid groups (broad SMARTS) is 1. The molecule has 2 aliphatic heterocycles. The number of hydrazone groups is 1. The van der Waals surface area contributed by atoms with Gasteiger partial charge in [-0.3, -0.25) is 19.5 Å². The molecule has 0 aliphatic carbocycles. The van der Waals surface area contributed by atoms with Gasteiger partial charge in [0.25, 0.3) is 11.8 Å². The van der Waals surface area contributed by atoms with E-state index in [1.165, 1.54) is 37.5 Å². The lowest BCUT2D eigenvalue weighted by Crippen LogP contribution is -2.71. The number of hydrogen-bond acceptors (Lipinski definition) is 11. The molecular formula is C16H19N9O5S2. The molecule has 3 rings (SSSR count). The van der Waals surface area contributed by atoms with Crippen molar-refractivity contribution in [2.45, 2.75) is 11.4 Å². The Morgan fingerprint density at radius 3 is 2.81 bits per heavy atom. The third-order valence-electron chi connectivity index (χ3n) is 4.29. The van der Waals surface area contributed by atoms with Gasteiger partial charge in [0.05, 0.1) is 6.21 Å². The van der Waals surface area contributed by atoms with Crippen molar-refractivity contribution in [3.8, 4) is 0 Å². The summed E-state index contributed by atoms with van der Waals surface area (Å²) in [6, 6.07) is -0.959. The number of guanidine groups is 1. The second-order valence-electron chi connectivity index (χ2n) is 6.21. The van der Waals surface area contributed by atoms with E-state index in [2.05, 4.69) is 31.0 Å². The smallest absolute Gasteiger partial charge is 0.353 e. The minimum Gasteiger partial charge on any atom is -0.477 e. The van der Waals surface area contributed by atoms with Crippen LogP contribution in [0.3, 0.4) is 0 Å². The molecule has 0 aromatic carbocycles. The van der Waals surface area contributed by atoms with Crippen LogP contribution in [0.25, 0.3) is 0 Å². The molecule has 1 unspecified atom stereocenters. The first-order chi connectivity index (χ1) is 15.3. The van der Waals surface area contributed by atoms with Crippen LogP contribution in [0.4, 0.5) is 5.13 Å². The Labute approximate surface area is 189 Å². The number of amides is 2. The zero-order chi connectivity index (χ0) is 23.4. The molecule has 14 nitrogen and oxygen atoms in total. The lowest BCUT2D eigenvalue weighted by atomic mass is 10.0. The number of aliphatic imine (C=N–C) groups is 1. The molecule has 1 aromatic rings. The predicted molar refractivity (Wildman–Crippen MR) is 119 cm³/mol. The van der Waals surface area contributed by atoms with Gasteiger partial charge in [-0.1, -0.05) is 5.16 Å². The molecule has 32 heavy (non-hydrogen) atoms. The van der Waals surface area contributed by atoms with Gasteiger partial charge in [0.2, 0.25) is 5.96 Å². The van der Waals surface area contributed by atoms with Gasteiger partial charge in [0, 0.05) is 23.8 Å². The number of nitrogen functional groups attached to an aromatic ring is 1. The average molecular weight is 482 g/mol. The lowest BCUT2D eigenvalue weighted by molar-refractivity contribution is -0.150. The van der Waals surface area contributed by atoms with Crippen LogP contribution in [0.1, 0.15) is 5.69 Å². The Morgan fingerprint density at radius 1 is 1.47 bits per heavy atom. The van der Waals surface area contributed by atoms with Crippen molar-refractivity contribution in [1.29, 1.82) is 0 Å². The van der Waals surface area contributed by atoms with E-state index in [0.717, 1.165) is 16.2 Å². The second-order valence-corrected chi connectivity index (χ2v) is 8.21. The summed E-state index contributed by atoms with van der Waals surface area (Å²) in [4.78, 5) is 50.8. The normalized spacial score (nSPS) is 21.3. The molecule has 16 heteroatoms. The van der Waals surface area contributed by atoms with Crippen LogP contribution in [0.15, 0.2) is 31.9 Å². The van der Waals surface area contributed by atoms with Gasteiger partial charge < -0.3 is 26.7 Å². The maximum Gasteiger partial charge on any atom is 0.353 e. The molecular weight excluding hydrogens is 462 g/mol. The van der Waals surface area contributed by atoms with Gasteiger partial charge in [0.1, 0.15) is 29.9 Å². The Balaban J connectivity index is 1.77. The highest BCUT2D eigenvalue weighted by Crippen LogP contribution is 2.39. The number of thioether (sulfide) groups is 1. The van der Waals surface area contributed by atoms with Gasteiger partial charge in [-0.05, 0) is 0 Å². The second kappa shape index (κ2) is 9.65. The van der Waals surface area contributed by atoms with Crippen LogP contribution in [0, 0.1) is 0 Å². The molecule has 2 aliphatic rings. The van der Waals surface area contributed by atoms with Crippen LogP contribution in [0.2, 0.25) is 0 Å². The SMILES string of the molecule is CN=C(N)NN=CC1=C(C(=O)O)N2C(=O)C(NC(=O)C(=NOC)c3csc(N)n3)[C@@H]2SC1. The summed E-state index contributed by atoms with van der Waals surface area (Å²) >= 11 is 2.38. The van der Waals surface area contributed by atoms with Gasteiger partial charge in [-0.25, -0.2) is 15.2 Å². The highest BCUT2D eigenvalue weighted by molar-refractivity contribution is 8.00. The number of carbonyl (C=O) groups is 3. The van der Waals surface area contributed by atoms with E-state index in [-0.39, 0.29) is 33.9 Å². The summed E-state index contributed by atoms with van der Waals surface area (Å²) < 4.78 is 0. The van der Waals surface area contributed by atoms with Gasteiger partial charge in [-0.2, -0.15) is 5.10 Å². The molecule has 3 heterocycles. The van der Waals surface area contributed by atoms with Gasteiger partial charge in [-0.15, -0.1) is 23.1 Å². The summed E-state index contributed by atoms with van der Waals surface area (Å²) in [5, 5.41) is 20.9. The fraction of sp³-hybridized carbons (Fsp3) is 0.312. The van der Waals surface area contributed by atoms with E-state index >= 15 is 0 Å². The van der Waals surface area contributed by atoms with Crippen molar-refractivity contribution in [3.63, 3.8) is 0 Å². The molecule has 2 amide bonds. The number of β-lactam (4-membered cyclic amide) rings is 1. The first kappa shape index (κ1) is 23.0. The number of hydrogen-bond donors (Lipinski definition) is 5. The number of nitrogens with two attached hydrogens (primary N) is 2. The fourth-order valence-corrected chi connectivity index (χ4v) is 4.72. The van der Waals surface area contributed by atoms with Crippen molar-refractivity contribution < 1.29 is 24.3 Å². The first-order valence-corrected chi connectivity index (χ1v) is 10.8. The highest BCUT2D eigenvalue weighted by atomic mass is 32.2. The maximum absolute atomic E-state index is 12.7. The quantitative estimate of drug-likeness (QED) is 0.129. The topological polar surface area (TPSA) is 210 Å². The molecule has 7 N–H and O–H groups in total. The lowest BCUT2D eigenvalue weighted by Gasteiger charge is -2.49. The van der Waals surface area contributed by atoms with E-state index in [1.807, 2.05) is 0 Å². The number of nitrogens with zero attached hydrogens (tertiary/aromatic N) is 5. The maximum atomic E-state index is 12.7. The van der Waals surface area contributed by atoms with Crippen molar-refractivity contribution in [2.24, 2.45) is 21.0 Å². The molecule has 2 atom stereocenters. The number of rotatable bonds is 7. The van der Waals surface area contributed by atoms with Crippen LogP contribution < -0.4 is 22.2 Å². The van der Waals surface area contributed by atoms with Crippen molar-refractivity contribution >= 4 is 63.9 Å². The zero-order valence-corrected chi connectivity index (χ0v) is 18.4. The summed E-state index contributed by atoms with van der Waals surface area (Å²) in [6.45, 7) is 0. The Hall–Kier alpha value is -3.66. The predicted octanol–water partition coefficient (Wildman–Crippen LogP) is -1.67. The van der Waals surface area contributed by atoms with E-state index in [1.54, 1.807) is 0 Å². The minimum absolute atomic E-state index is 0.0401. The molecule has 1 fully saturated rings. The van der Waals surface area contributed by atoms with Crippen molar-refractivity contribution in [3.05, 3.63) is 22.3 Å². The van der Waals surface area contributed by atoms with E-state index in [4.69, 9.17) is 16.3 Å². The Bertz CT molecular complexity index is 1060. The summed E-state index contributed by atoms with van der Waals surface area (Å²) in [5.74, 6) is -2.32. The van der Waals surface area contributed by atoms with Gasteiger partial charge in [0.15, 0.2) is 10.8 Å². The average Bonchev–Trinajstić information content (AvgIpc) is 3.20. The van der Waals surface area contributed by atoms with Crippen LogP contribution >= 0.6 is 23.1 Å². The molecule has 1 aromatic heterocycles. The Morgan fingerprint density at radius 2 is 2.22 bits per heavy atom. The molecule has 0 bridgehead atoms. The van der Waals surface area contributed by atoms with E-state index in [0.29, 0.717) is 5.57 Å². The summed E-state index contributed by atoms with van der Waals surface area (Å²) in [6.07, 6.45) is 1.26. The van der Waals surface area contributed by atoms with Crippen molar-refractivity contribution in [2.75, 3.05) is 25.6 Å². The number of anilines is 1. The fourth-order valence-electron chi connectivity index (χ4n) is 2.87. The molecule has 1 saturated heterocycles. The largest absolute Gasteiger partial charge is 0.477 e. The number of aromatic nitrogens is 1. The zero-order valence-electron chi connectivity index (χ0n) is 16.8. The standard InChI is InChI=1S/C16H19N9O5S2/c1-19-15(17)23-20-3-6-4-31-13-9(12(27)25(13)10(6)14(28)29)22-11(26)8(24-30-2)7-5-32-16(18)21-7/h3,5,9,13H,4H2,1-2H3,(H2,18,21)(H,22,26)(H,28,29)(H3,17,19,23)/t9?,13-/m0/s1. The molecule has 0 radical (unpaired) electrons. The molecule has 0 saturated carbocycles. The number of aliphatic carboxylic acids is 1. The van der Waals surface area contributed by atoms with Crippen LogP contribution in [-0.2, 0) is 19.2 Å².